The molecule has 2 rings (SSSR count). The van der Waals surface area contributed by atoms with Gasteiger partial charge in [-0.1, -0.05) is 22.5 Å². The third-order valence-corrected chi connectivity index (χ3v) is 6.21. The first-order valence-electron chi connectivity index (χ1n) is 4.55. The van der Waals surface area contributed by atoms with Gasteiger partial charge in [-0.25, -0.2) is 13.2 Å². The van der Waals surface area contributed by atoms with Crippen LogP contribution in [0.1, 0.15) is 6.92 Å². The Morgan fingerprint density at radius 3 is 2.53 bits per heavy atom. The first-order chi connectivity index (χ1) is 7.71. The van der Waals surface area contributed by atoms with Crippen molar-refractivity contribution in [3.8, 4) is 0 Å². The largest absolute Gasteiger partial charge is 0.477 e. The number of nitrogens with zero attached hydrogens (tertiary/aromatic N) is 1. The van der Waals surface area contributed by atoms with Crippen LogP contribution in [0, 0.1) is 0 Å². The van der Waals surface area contributed by atoms with Crippen LogP contribution in [0.3, 0.4) is 0 Å². The van der Waals surface area contributed by atoms with Gasteiger partial charge in [0.1, 0.15) is 10.5 Å². The molecule has 1 saturated heterocycles. The smallest absolute Gasteiger partial charge is 0.352 e. The molecule has 1 amide bonds. The maximum absolute atomic E-state index is 12.0. The lowest BCUT2D eigenvalue weighted by Gasteiger charge is -2.47. The Morgan fingerprint density at radius 2 is 2.06 bits per heavy atom. The summed E-state index contributed by atoms with van der Waals surface area (Å²) < 4.78 is 23.9. The van der Waals surface area contributed by atoms with Gasteiger partial charge in [-0.2, -0.15) is 0 Å². The molecule has 1 fully saturated rings. The van der Waals surface area contributed by atoms with Gasteiger partial charge in [0.2, 0.25) is 15.7 Å². The molecule has 17 heavy (non-hydrogen) atoms. The van der Waals surface area contributed by atoms with Crippen LogP contribution in [-0.4, -0.2) is 40.5 Å². The Morgan fingerprint density at radius 1 is 1.53 bits per heavy atom. The predicted molar refractivity (Wildman–Crippen MR) is 61.7 cm³/mol. The molecule has 2 atom stereocenters. The van der Waals surface area contributed by atoms with Gasteiger partial charge < -0.3 is 5.11 Å². The molecule has 0 radical (unpaired) electrons. The maximum atomic E-state index is 12.0. The predicted octanol–water partition coefficient (Wildman–Crippen LogP) is 0.219. The summed E-state index contributed by atoms with van der Waals surface area (Å²) in [6.07, 6.45) is 0. The van der Waals surface area contributed by atoms with Gasteiger partial charge >= 0.3 is 5.97 Å². The van der Waals surface area contributed by atoms with Gasteiger partial charge in [-0.05, 0) is 12.5 Å². The molecule has 0 aromatic rings. The quantitative estimate of drug-likeness (QED) is 0.551. The minimum absolute atomic E-state index is 0.00139. The fourth-order valence-electron chi connectivity index (χ4n) is 1.90. The average Bonchev–Trinajstić information content (AvgIpc) is 2.24. The van der Waals surface area contributed by atoms with E-state index in [2.05, 4.69) is 22.5 Å². The van der Waals surface area contributed by atoms with Crippen molar-refractivity contribution in [1.29, 1.82) is 0 Å². The molecule has 8 heteroatoms. The molecule has 0 aromatic heterocycles. The van der Waals surface area contributed by atoms with Crippen LogP contribution in [0.4, 0.5) is 0 Å². The van der Waals surface area contributed by atoms with E-state index in [0.29, 0.717) is 0 Å². The molecule has 1 N–H and O–H groups in total. The lowest BCUT2D eigenvalue weighted by molar-refractivity contribution is -0.145. The molecule has 2 aliphatic heterocycles. The Labute approximate surface area is 106 Å². The number of amides is 1. The van der Waals surface area contributed by atoms with E-state index in [1.165, 1.54) is 6.92 Å². The van der Waals surface area contributed by atoms with Crippen molar-refractivity contribution in [2.75, 3.05) is 0 Å². The third-order valence-electron chi connectivity index (χ3n) is 2.86. The minimum atomic E-state index is -3.76. The fourth-order valence-corrected chi connectivity index (χ4v) is 4.94. The van der Waals surface area contributed by atoms with Crippen LogP contribution in [0.5, 0.6) is 0 Å². The normalized spacial score (nSPS) is 31.1. The number of allylic oxidation sites excluding steroid dienone is 1. The number of fused-ring (bicyclic) bond motifs is 1. The number of carbonyl (C=O) groups is 2. The summed E-state index contributed by atoms with van der Waals surface area (Å²) in [6.45, 7) is 4.72. The van der Waals surface area contributed by atoms with Gasteiger partial charge in [0.25, 0.3) is 0 Å². The van der Waals surface area contributed by atoms with E-state index in [4.69, 9.17) is 5.11 Å². The molecule has 6 nitrogen and oxygen atoms in total. The van der Waals surface area contributed by atoms with Crippen molar-refractivity contribution in [2.45, 2.75) is 17.1 Å². The number of carboxylic acids is 1. The molecule has 0 unspecified atom stereocenters. The summed E-state index contributed by atoms with van der Waals surface area (Å²) in [5, 5.41) is 7.82. The first-order valence-corrected chi connectivity index (χ1v) is 7.02. The fraction of sp³-hybridized carbons (Fsp3) is 0.333. The summed E-state index contributed by atoms with van der Waals surface area (Å²) >= 11 is 2.94. The number of carboxylic acid groups (broad SMARTS) is 1. The van der Waals surface area contributed by atoms with E-state index in [9.17, 15) is 18.0 Å². The molecule has 0 saturated carbocycles. The van der Waals surface area contributed by atoms with Gasteiger partial charge in [0, 0.05) is 0 Å². The molecule has 2 aliphatic rings. The second-order valence-corrected chi connectivity index (χ2v) is 6.80. The van der Waals surface area contributed by atoms with Crippen molar-refractivity contribution in [3.63, 3.8) is 0 Å². The number of hydrogen-bond acceptors (Lipinski definition) is 4. The number of hydrogen-bond donors (Lipinski definition) is 1. The molecule has 0 bridgehead atoms. The number of sulfone groups is 1. The summed E-state index contributed by atoms with van der Waals surface area (Å²) in [4.78, 5) is 22.2. The van der Waals surface area contributed by atoms with E-state index < -0.39 is 31.9 Å². The van der Waals surface area contributed by atoms with Crippen LogP contribution in [0.2, 0.25) is 0 Å². The third kappa shape index (κ3) is 1.34. The summed E-state index contributed by atoms with van der Waals surface area (Å²) in [5.74, 6) is -1.90. The monoisotopic (exact) mass is 321 g/mol. The highest BCUT2D eigenvalue weighted by atomic mass is 79.9. The van der Waals surface area contributed by atoms with Crippen molar-refractivity contribution in [1.82, 2.24) is 4.90 Å². The highest BCUT2D eigenvalue weighted by molar-refractivity contribution is 9.10. The zero-order valence-electron chi connectivity index (χ0n) is 8.68. The molecule has 2 heterocycles. The summed E-state index contributed by atoms with van der Waals surface area (Å²) in [5.41, 5.74) is -0.308. The Bertz CT molecular complexity index is 591. The second kappa shape index (κ2) is 3.42. The van der Waals surface area contributed by atoms with Crippen LogP contribution < -0.4 is 0 Å². The molecule has 0 aliphatic carbocycles. The van der Waals surface area contributed by atoms with Crippen LogP contribution in [-0.2, 0) is 19.4 Å². The Hall–Kier alpha value is -1.15. The maximum Gasteiger partial charge on any atom is 0.352 e. The Kier molecular flexibility index (Phi) is 2.48. The zero-order valence-corrected chi connectivity index (χ0v) is 11.1. The number of aliphatic carboxylic acids is 1. The summed E-state index contributed by atoms with van der Waals surface area (Å²) in [6, 6.07) is 0. The topological polar surface area (TPSA) is 91.8 Å². The van der Waals surface area contributed by atoms with Crippen LogP contribution in [0.25, 0.3) is 0 Å². The highest BCUT2D eigenvalue weighted by Gasteiger charge is 2.59. The summed E-state index contributed by atoms with van der Waals surface area (Å²) in [7, 11) is -3.76. The van der Waals surface area contributed by atoms with Crippen LogP contribution >= 0.6 is 15.9 Å². The van der Waals surface area contributed by atoms with E-state index in [0.717, 1.165) is 4.90 Å². The lowest BCUT2D eigenvalue weighted by Crippen LogP contribution is -2.67. The molecular weight excluding hydrogens is 314 g/mol. The van der Waals surface area contributed by atoms with Crippen molar-refractivity contribution in [2.24, 2.45) is 0 Å². The number of alkyl halides is 1. The second-order valence-electron chi connectivity index (χ2n) is 3.75. The van der Waals surface area contributed by atoms with Crippen molar-refractivity contribution < 1.29 is 23.1 Å². The van der Waals surface area contributed by atoms with E-state index >= 15 is 0 Å². The first kappa shape index (κ1) is 12.3. The van der Waals surface area contributed by atoms with Crippen molar-refractivity contribution >= 4 is 37.6 Å². The number of β-lactam (4-membered cyclic amide) rings is 1. The minimum Gasteiger partial charge on any atom is -0.477 e. The standard InChI is InChI=1S/C9H8BrNO5S/c1-3-4(2)17(15,16)8-5(10)7(12)11(8)6(3)9(13)14/h5,8H,2H2,1H3,(H,13,14)/t5-,8-/m0/s1. The molecule has 92 valence electrons. The molecule has 0 aromatic carbocycles. The Balaban J connectivity index is 2.71. The number of halogens is 1. The van der Waals surface area contributed by atoms with Crippen LogP contribution in [0.15, 0.2) is 22.8 Å². The van der Waals surface area contributed by atoms with Gasteiger partial charge in [0.15, 0.2) is 5.37 Å². The van der Waals surface area contributed by atoms with Crippen molar-refractivity contribution in [3.05, 3.63) is 22.8 Å². The van der Waals surface area contributed by atoms with Gasteiger partial charge in [-0.15, -0.1) is 0 Å². The zero-order chi connectivity index (χ0) is 13.1. The van der Waals surface area contributed by atoms with E-state index in [1.807, 2.05) is 0 Å². The van der Waals surface area contributed by atoms with E-state index in [-0.39, 0.29) is 16.2 Å². The van der Waals surface area contributed by atoms with Gasteiger partial charge in [-0.3, -0.25) is 9.69 Å². The van der Waals surface area contributed by atoms with E-state index in [1.54, 1.807) is 0 Å². The number of rotatable bonds is 1. The molecule has 0 spiro atoms. The highest BCUT2D eigenvalue weighted by Crippen LogP contribution is 2.43. The average molecular weight is 322 g/mol. The van der Waals surface area contributed by atoms with Gasteiger partial charge in [0.05, 0.1) is 4.91 Å². The SMILES string of the molecule is C=C1C(C)=C(C(=O)O)N2C(=O)[C@H](Br)[C@@H]2S1(=O)=O. The molecular formula is C9H8BrNO5S. The number of carbonyl (C=O) groups excluding carboxylic acids is 1. The lowest BCUT2D eigenvalue weighted by atomic mass is 10.1.